The molecule has 4 N–H and O–H groups in total. The van der Waals surface area contributed by atoms with Crippen molar-refractivity contribution in [2.24, 2.45) is 10.8 Å². The average Bonchev–Trinajstić information content (AvgIpc) is 2.64. The van der Waals surface area contributed by atoms with Crippen LogP contribution in [0.15, 0.2) is 41.1 Å². The predicted octanol–water partition coefficient (Wildman–Crippen LogP) is 2.68. The number of nitrogens with zero attached hydrogens (tertiary/aromatic N) is 1. The quantitative estimate of drug-likeness (QED) is 0.333. The fourth-order valence-electron chi connectivity index (χ4n) is 2.68. The maximum atomic E-state index is 11.3. The van der Waals surface area contributed by atoms with E-state index in [0.29, 0.717) is 25.1 Å². The highest BCUT2D eigenvalue weighted by Gasteiger charge is 2.12. The van der Waals surface area contributed by atoms with Gasteiger partial charge in [0.1, 0.15) is 0 Å². The van der Waals surface area contributed by atoms with Crippen LogP contribution in [-0.4, -0.2) is 30.7 Å². The number of anilines is 1. The Balaban J connectivity index is 1.56. The number of allylic oxidation sites excluding steroid dienone is 1. The lowest BCUT2D eigenvalue weighted by atomic mass is 10.0. The summed E-state index contributed by atoms with van der Waals surface area (Å²) in [5.74, 6) is -0.403. The van der Waals surface area contributed by atoms with E-state index in [1.54, 1.807) is 6.92 Å². The monoisotopic (exact) mass is 372 g/mol. The smallest absolute Gasteiger partial charge is 0.332 e. The molecule has 1 heterocycles. The van der Waals surface area contributed by atoms with Gasteiger partial charge in [-0.3, -0.25) is 4.79 Å². The van der Waals surface area contributed by atoms with Gasteiger partial charge in [-0.05, 0) is 43.9 Å². The number of benzene rings is 1. The number of unbranched alkanes of at least 4 members (excludes halogenated alkanes) is 3. The van der Waals surface area contributed by atoms with Crippen LogP contribution in [0.1, 0.15) is 51.0 Å². The number of hydrazone groups is 1. The van der Waals surface area contributed by atoms with Gasteiger partial charge < -0.3 is 15.8 Å². The standard InChI is InChI=1S/C20H28N4O3/c1-15(21)14-20(26)27-13-5-3-2-4-12-22-17-8-6-16(7-9-17)18-10-11-19(25)24-23-18/h6-9,14,22H,2-5,10-13,21H2,1H3,(H,24,25)/b15-14-. The highest BCUT2D eigenvalue weighted by atomic mass is 16.5. The zero-order chi connectivity index (χ0) is 19.5. The number of rotatable bonds is 10. The first kappa shape index (κ1) is 20.5. The first-order valence-electron chi connectivity index (χ1n) is 9.35. The summed E-state index contributed by atoms with van der Waals surface area (Å²) in [6.45, 7) is 2.98. The summed E-state index contributed by atoms with van der Waals surface area (Å²) in [6, 6.07) is 8.09. The van der Waals surface area contributed by atoms with Crippen LogP contribution in [0.4, 0.5) is 5.69 Å². The Labute approximate surface area is 160 Å². The molecule has 27 heavy (non-hydrogen) atoms. The van der Waals surface area contributed by atoms with E-state index in [4.69, 9.17) is 10.5 Å². The second-order valence-corrected chi connectivity index (χ2v) is 6.57. The van der Waals surface area contributed by atoms with Crippen LogP contribution in [0.25, 0.3) is 0 Å². The van der Waals surface area contributed by atoms with E-state index < -0.39 is 0 Å². The van der Waals surface area contributed by atoms with E-state index in [-0.39, 0.29) is 11.9 Å². The number of hydrogen-bond donors (Lipinski definition) is 3. The summed E-state index contributed by atoms with van der Waals surface area (Å²) < 4.78 is 5.05. The molecule has 0 aromatic heterocycles. The topological polar surface area (TPSA) is 106 Å². The summed E-state index contributed by atoms with van der Waals surface area (Å²) >= 11 is 0. The molecule has 1 aliphatic rings. The number of carbonyl (C=O) groups is 2. The molecule has 0 saturated heterocycles. The molecule has 1 aliphatic heterocycles. The Morgan fingerprint density at radius 1 is 1.22 bits per heavy atom. The molecule has 0 spiro atoms. The van der Waals surface area contributed by atoms with Crippen molar-refractivity contribution >= 4 is 23.3 Å². The van der Waals surface area contributed by atoms with Crippen LogP contribution >= 0.6 is 0 Å². The number of amides is 1. The molecule has 0 saturated carbocycles. The van der Waals surface area contributed by atoms with Crippen molar-refractivity contribution in [3.8, 4) is 0 Å². The van der Waals surface area contributed by atoms with Gasteiger partial charge in [0.2, 0.25) is 5.91 Å². The molecular weight excluding hydrogens is 344 g/mol. The molecule has 0 unspecified atom stereocenters. The van der Waals surface area contributed by atoms with Crippen LogP contribution in [0.3, 0.4) is 0 Å². The molecule has 0 aliphatic carbocycles. The normalized spacial score (nSPS) is 14.3. The summed E-state index contributed by atoms with van der Waals surface area (Å²) in [7, 11) is 0. The summed E-state index contributed by atoms with van der Waals surface area (Å²) in [4.78, 5) is 22.4. The summed E-state index contributed by atoms with van der Waals surface area (Å²) in [5.41, 5.74) is 11.4. The van der Waals surface area contributed by atoms with Crippen LogP contribution in [0, 0.1) is 0 Å². The van der Waals surface area contributed by atoms with Crippen LogP contribution in [0.5, 0.6) is 0 Å². The number of nitrogens with one attached hydrogen (secondary N) is 2. The second kappa shape index (κ2) is 11.0. The highest BCUT2D eigenvalue weighted by Crippen LogP contribution is 2.14. The molecule has 0 atom stereocenters. The Kier molecular flexibility index (Phi) is 8.35. The number of nitrogens with two attached hydrogens (primary N) is 1. The van der Waals surface area contributed by atoms with Crippen molar-refractivity contribution in [2.75, 3.05) is 18.5 Å². The fourth-order valence-corrected chi connectivity index (χ4v) is 2.68. The van der Waals surface area contributed by atoms with E-state index in [9.17, 15) is 9.59 Å². The maximum absolute atomic E-state index is 11.3. The third kappa shape index (κ3) is 7.94. The number of ether oxygens (including phenoxy) is 1. The van der Waals surface area contributed by atoms with Crippen molar-refractivity contribution in [3.05, 3.63) is 41.6 Å². The van der Waals surface area contributed by atoms with Gasteiger partial charge in [-0.2, -0.15) is 5.10 Å². The van der Waals surface area contributed by atoms with Crippen molar-refractivity contribution in [1.82, 2.24) is 5.43 Å². The molecule has 146 valence electrons. The lowest BCUT2D eigenvalue weighted by molar-refractivity contribution is -0.137. The van der Waals surface area contributed by atoms with E-state index in [1.165, 1.54) is 6.08 Å². The minimum atomic E-state index is -0.373. The minimum absolute atomic E-state index is 0.0299. The van der Waals surface area contributed by atoms with Crippen LogP contribution < -0.4 is 16.5 Å². The summed E-state index contributed by atoms with van der Waals surface area (Å²) in [5, 5.41) is 7.50. The largest absolute Gasteiger partial charge is 0.462 e. The number of esters is 1. The molecule has 1 aromatic rings. The van der Waals surface area contributed by atoms with Gasteiger partial charge in [0, 0.05) is 36.8 Å². The second-order valence-electron chi connectivity index (χ2n) is 6.57. The van der Waals surface area contributed by atoms with Gasteiger partial charge in [-0.1, -0.05) is 18.6 Å². The van der Waals surface area contributed by atoms with Gasteiger partial charge in [-0.25, -0.2) is 10.2 Å². The molecular formula is C20H28N4O3. The predicted molar refractivity (Wildman–Crippen MR) is 106 cm³/mol. The molecule has 0 bridgehead atoms. The minimum Gasteiger partial charge on any atom is -0.462 e. The van der Waals surface area contributed by atoms with Crippen molar-refractivity contribution in [3.63, 3.8) is 0 Å². The van der Waals surface area contributed by atoms with Crippen molar-refractivity contribution in [1.29, 1.82) is 0 Å². The molecule has 2 rings (SSSR count). The molecule has 1 amide bonds. The number of hydrogen-bond acceptors (Lipinski definition) is 6. The van der Waals surface area contributed by atoms with Gasteiger partial charge in [0.15, 0.2) is 0 Å². The first-order chi connectivity index (χ1) is 13.0. The van der Waals surface area contributed by atoms with Crippen LogP contribution in [0.2, 0.25) is 0 Å². The zero-order valence-electron chi connectivity index (χ0n) is 15.8. The van der Waals surface area contributed by atoms with Crippen LogP contribution in [-0.2, 0) is 14.3 Å². The van der Waals surface area contributed by atoms with E-state index in [2.05, 4.69) is 15.8 Å². The van der Waals surface area contributed by atoms with E-state index in [0.717, 1.165) is 49.2 Å². The molecule has 1 aromatic carbocycles. The van der Waals surface area contributed by atoms with E-state index >= 15 is 0 Å². The Morgan fingerprint density at radius 3 is 2.63 bits per heavy atom. The molecule has 0 radical (unpaired) electrons. The Morgan fingerprint density at radius 2 is 1.96 bits per heavy atom. The summed E-state index contributed by atoms with van der Waals surface area (Å²) in [6.07, 6.45) is 6.46. The lowest BCUT2D eigenvalue weighted by Gasteiger charge is -2.13. The van der Waals surface area contributed by atoms with Crippen molar-refractivity contribution in [2.45, 2.75) is 45.4 Å². The third-order valence-electron chi connectivity index (χ3n) is 4.11. The lowest BCUT2D eigenvalue weighted by Crippen LogP contribution is -2.25. The molecule has 7 heteroatoms. The SMILES string of the molecule is C/C(N)=C/C(=O)OCCCCCCNc1ccc(C2=NNC(=O)CC2)cc1. The first-order valence-corrected chi connectivity index (χ1v) is 9.35. The van der Waals surface area contributed by atoms with Gasteiger partial charge in [0.25, 0.3) is 0 Å². The highest BCUT2D eigenvalue weighted by molar-refractivity contribution is 6.04. The molecule has 0 fully saturated rings. The maximum Gasteiger partial charge on any atom is 0.332 e. The van der Waals surface area contributed by atoms with Gasteiger partial charge >= 0.3 is 5.97 Å². The molecule has 7 nitrogen and oxygen atoms in total. The van der Waals surface area contributed by atoms with E-state index in [1.807, 2.05) is 24.3 Å². The van der Waals surface area contributed by atoms with Crippen molar-refractivity contribution < 1.29 is 14.3 Å². The third-order valence-corrected chi connectivity index (χ3v) is 4.11. The zero-order valence-corrected chi connectivity index (χ0v) is 15.8. The van der Waals surface area contributed by atoms with Gasteiger partial charge in [0.05, 0.1) is 12.3 Å². The Bertz CT molecular complexity index is 692. The average molecular weight is 372 g/mol. The fraction of sp³-hybridized carbons (Fsp3) is 0.450. The van der Waals surface area contributed by atoms with Gasteiger partial charge in [-0.15, -0.1) is 0 Å². The Hall–Kier alpha value is -2.83. The number of carbonyl (C=O) groups excluding carboxylic acids is 2.